The van der Waals surface area contributed by atoms with Crippen LogP contribution in [0.25, 0.3) is 0 Å². The van der Waals surface area contributed by atoms with Crippen LogP contribution in [0.5, 0.6) is 0 Å². The lowest BCUT2D eigenvalue weighted by Crippen LogP contribution is -2.29. The molecular formula is C15H15N3O4S2. The third-order valence-corrected chi connectivity index (χ3v) is 4.63. The first-order valence-corrected chi connectivity index (χ1v) is 9.46. The summed E-state index contributed by atoms with van der Waals surface area (Å²) < 4.78 is 22.3. The van der Waals surface area contributed by atoms with Gasteiger partial charge in [-0.2, -0.15) is 0 Å². The van der Waals surface area contributed by atoms with Crippen molar-refractivity contribution in [1.82, 2.24) is 0 Å². The number of anilines is 2. The minimum absolute atomic E-state index is 0.0844. The molecular weight excluding hydrogens is 350 g/mol. The fourth-order valence-corrected chi connectivity index (χ4v) is 2.78. The number of sulfonamides is 1. The van der Waals surface area contributed by atoms with Crippen molar-refractivity contribution in [3.05, 3.63) is 48.5 Å². The van der Waals surface area contributed by atoms with Gasteiger partial charge in [0.05, 0.1) is 4.90 Å². The van der Waals surface area contributed by atoms with Gasteiger partial charge in [0.15, 0.2) is 0 Å². The van der Waals surface area contributed by atoms with E-state index in [1.165, 1.54) is 36.0 Å². The zero-order valence-electron chi connectivity index (χ0n) is 12.6. The van der Waals surface area contributed by atoms with E-state index in [-0.39, 0.29) is 10.6 Å². The molecule has 0 aliphatic rings. The molecule has 0 fully saturated rings. The van der Waals surface area contributed by atoms with Crippen LogP contribution in [-0.4, -0.2) is 26.5 Å². The number of carbonyl (C=O) groups is 2. The van der Waals surface area contributed by atoms with Crippen LogP contribution in [-0.2, 0) is 19.6 Å². The van der Waals surface area contributed by atoms with Crippen molar-refractivity contribution in [3.63, 3.8) is 0 Å². The lowest BCUT2D eigenvalue weighted by atomic mass is 10.3. The highest BCUT2D eigenvalue weighted by molar-refractivity contribution is 7.98. The Balaban J connectivity index is 2.02. The minimum atomic E-state index is -3.81. The summed E-state index contributed by atoms with van der Waals surface area (Å²) in [5, 5.41) is 9.85. The number of primary sulfonamides is 1. The second-order valence-corrected chi connectivity index (χ2v) is 7.15. The molecule has 0 saturated carbocycles. The number of thioether (sulfide) groups is 1. The first-order valence-electron chi connectivity index (χ1n) is 6.69. The van der Waals surface area contributed by atoms with Crippen molar-refractivity contribution in [2.45, 2.75) is 9.79 Å². The van der Waals surface area contributed by atoms with Gasteiger partial charge < -0.3 is 10.6 Å². The van der Waals surface area contributed by atoms with Gasteiger partial charge in [-0.15, -0.1) is 11.8 Å². The Morgan fingerprint density at radius 2 is 1.54 bits per heavy atom. The van der Waals surface area contributed by atoms with Gasteiger partial charge in [-0.05, 0) is 48.7 Å². The summed E-state index contributed by atoms with van der Waals surface area (Å²) in [7, 11) is -3.81. The Morgan fingerprint density at radius 1 is 0.958 bits per heavy atom. The SMILES string of the molecule is CSc1cccc(NC(=O)C(=O)Nc2ccc(S(N)(=O)=O)cc2)c1. The summed E-state index contributed by atoms with van der Waals surface area (Å²) in [4.78, 5) is 24.6. The van der Waals surface area contributed by atoms with Crippen molar-refractivity contribution in [2.24, 2.45) is 5.14 Å². The predicted molar refractivity (Wildman–Crippen MR) is 93.3 cm³/mol. The van der Waals surface area contributed by atoms with Gasteiger partial charge in [-0.25, -0.2) is 13.6 Å². The Hall–Kier alpha value is -2.36. The first kappa shape index (κ1) is 18.0. The molecule has 0 aliphatic carbocycles. The van der Waals surface area contributed by atoms with Gasteiger partial charge >= 0.3 is 11.8 Å². The number of amides is 2. The zero-order chi connectivity index (χ0) is 17.7. The molecule has 0 bridgehead atoms. The largest absolute Gasteiger partial charge is 0.318 e. The average Bonchev–Trinajstić information content (AvgIpc) is 2.54. The standard InChI is InChI=1S/C15H15N3O4S2/c1-23-12-4-2-3-11(9-12)18-15(20)14(19)17-10-5-7-13(8-6-10)24(16,21)22/h2-9H,1H3,(H,17,19)(H,18,20)(H2,16,21,22). The molecule has 2 aromatic rings. The fraction of sp³-hybridized carbons (Fsp3) is 0.0667. The molecule has 2 aromatic carbocycles. The predicted octanol–water partition coefficient (Wildman–Crippen LogP) is 1.63. The second-order valence-electron chi connectivity index (χ2n) is 4.71. The van der Waals surface area contributed by atoms with Gasteiger partial charge in [-0.3, -0.25) is 9.59 Å². The summed E-state index contributed by atoms with van der Waals surface area (Å²) in [6, 6.07) is 12.2. The summed E-state index contributed by atoms with van der Waals surface area (Å²) in [6.07, 6.45) is 1.90. The number of nitrogens with two attached hydrogens (primary N) is 1. The molecule has 0 unspecified atom stereocenters. The van der Waals surface area contributed by atoms with Crippen molar-refractivity contribution in [3.8, 4) is 0 Å². The molecule has 126 valence electrons. The average molecular weight is 365 g/mol. The molecule has 7 nitrogen and oxygen atoms in total. The highest BCUT2D eigenvalue weighted by atomic mass is 32.2. The van der Waals surface area contributed by atoms with Crippen LogP contribution in [0.2, 0.25) is 0 Å². The maximum Gasteiger partial charge on any atom is 0.314 e. The Labute approximate surface area is 143 Å². The van der Waals surface area contributed by atoms with E-state index in [1.54, 1.807) is 18.2 Å². The van der Waals surface area contributed by atoms with Gasteiger partial charge in [0.25, 0.3) is 0 Å². The molecule has 0 atom stereocenters. The number of hydrogen-bond donors (Lipinski definition) is 3. The van der Waals surface area contributed by atoms with Crippen molar-refractivity contribution >= 4 is 45.0 Å². The van der Waals surface area contributed by atoms with E-state index in [2.05, 4.69) is 10.6 Å². The summed E-state index contributed by atoms with van der Waals surface area (Å²) in [6.45, 7) is 0. The molecule has 0 aromatic heterocycles. The number of rotatable bonds is 4. The number of hydrogen-bond acceptors (Lipinski definition) is 5. The van der Waals surface area contributed by atoms with Crippen molar-refractivity contribution in [2.75, 3.05) is 16.9 Å². The minimum Gasteiger partial charge on any atom is -0.318 e. The quantitative estimate of drug-likeness (QED) is 0.562. The number of benzene rings is 2. The van der Waals surface area contributed by atoms with Gasteiger partial charge in [-0.1, -0.05) is 6.07 Å². The number of carbonyl (C=O) groups excluding carboxylic acids is 2. The third kappa shape index (κ3) is 4.82. The van der Waals surface area contributed by atoms with E-state index in [0.717, 1.165) is 4.90 Å². The van der Waals surface area contributed by atoms with Crippen LogP contribution >= 0.6 is 11.8 Å². The van der Waals surface area contributed by atoms with Crippen LogP contribution in [0.15, 0.2) is 58.3 Å². The van der Waals surface area contributed by atoms with E-state index in [0.29, 0.717) is 5.69 Å². The fourth-order valence-electron chi connectivity index (χ4n) is 1.80. The Kier molecular flexibility index (Phi) is 5.60. The van der Waals surface area contributed by atoms with Crippen molar-refractivity contribution < 1.29 is 18.0 Å². The molecule has 2 amide bonds. The molecule has 24 heavy (non-hydrogen) atoms. The number of nitrogens with one attached hydrogen (secondary N) is 2. The normalized spacial score (nSPS) is 10.9. The topological polar surface area (TPSA) is 118 Å². The molecule has 4 N–H and O–H groups in total. The molecule has 9 heteroatoms. The second kappa shape index (κ2) is 7.47. The maximum absolute atomic E-state index is 11.9. The van der Waals surface area contributed by atoms with Crippen molar-refractivity contribution in [1.29, 1.82) is 0 Å². The molecule has 0 radical (unpaired) electrons. The monoisotopic (exact) mass is 365 g/mol. The summed E-state index contributed by atoms with van der Waals surface area (Å²) in [5.41, 5.74) is 0.784. The molecule has 0 heterocycles. The smallest absolute Gasteiger partial charge is 0.314 e. The third-order valence-electron chi connectivity index (χ3n) is 2.97. The van der Waals surface area contributed by atoms with Crippen LogP contribution < -0.4 is 15.8 Å². The van der Waals surface area contributed by atoms with E-state index in [1.807, 2.05) is 12.3 Å². The zero-order valence-corrected chi connectivity index (χ0v) is 14.3. The molecule has 0 saturated heterocycles. The summed E-state index contributed by atoms with van der Waals surface area (Å²) in [5.74, 6) is -1.70. The van der Waals surface area contributed by atoms with E-state index >= 15 is 0 Å². The molecule has 0 aliphatic heterocycles. The highest BCUT2D eigenvalue weighted by Gasteiger charge is 2.15. The Bertz CT molecular complexity index is 865. The van der Waals surface area contributed by atoms with Gasteiger partial charge in [0.1, 0.15) is 0 Å². The van der Waals surface area contributed by atoms with Crippen LogP contribution in [0, 0.1) is 0 Å². The lowest BCUT2D eigenvalue weighted by molar-refractivity contribution is -0.133. The Morgan fingerprint density at radius 3 is 2.08 bits per heavy atom. The van der Waals surface area contributed by atoms with Crippen LogP contribution in [0.1, 0.15) is 0 Å². The maximum atomic E-state index is 11.9. The molecule has 0 spiro atoms. The van der Waals surface area contributed by atoms with Gasteiger partial charge in [0, 0.05) is 16.3 Å². The first-order chi connectivity index (χ1) is 11.3. The van der Waals surface area contributed by atoms with E-state index < -0.39 is 21.8 Å². The van der Waals surface area contributed by atoms with Crippen LogP contribution in [0.4, 0.5) is 11.4 Å². The van der Waals surface area contributed by atoms with Crippen LogP contribution in [0.3, 0.4) is 0 Å². The summed E-state index contributed by atoms with van der Waals surface area (Å²) >= 11 is 1.51. The lowest BCUT2D eigenvalue weighted by Gasteiger charge is -2.08. The molecule has 2 rings (SSSR count). The van der Waals surface area contributed by atoms with Gasteiger partial charge in [0.2, 0.25) is 10.0 Å². The van der Waals surface area contributed by atoms with E-state index in [9.17, 15) is 18.0 Å². The highest BCUT2D eigenvalue weighted by Crippen LogP contribution is 2.19. The van der Waals surface area contributed by atoms with E-state index in [4.69, 9.17) is 5.14 Å².